The number of esters is 1. The number of nitrogens with zero attached hydrogens (tertiary/aromatic N) is 1. The minimum atomic E-state index is -1.00. The van der Waals surface area contributed by atoms with Gasteiger partial charge in [-0.15, -0.1) is 0 Å². The van der Waals surface area contributed by atoms with E-state index in [9.17, 15) is 24.5 Å². The average molecular weight is 382 g/mol. The van der Waals surface area contributed by atoms with Crippen LogP contribution in [0.1, 0.15) is 16.1 Å². The lowest BCUT2D eigenvalue weighted by Crippen LogP contribution is -2.22. The van der Waals surface area contributed by atoms with Crippen molar-refractivity contribution in [2.24, 2.45) is 0 Å². The number of nitrogens with one attached hydrogen (secondary N) is 1. The third-order valence-electron chi connectivity index (χ3n) is 3.88. The summed E-state index contributed by atoms with van der Waals surface area (Å²) >= 11 is 0. The van der Waals surface area contributed by atoms with E-state index in [2.05, 4.69) is 5.32 Å². The van der Waals surface area contributed by atoms with Crippen LogP contribution in [0.2, 0.25) is 0 Å². The number of rotatable bonds is 5. The molecule has 142 valence electrons. The maximum atomic E-state index is 12.1. The predicted molar refractivity (Wildman–Crippen MR) is 99.2 cm³/mol. The fourth-order valence-electron chi connectivity index (χ4n) is 2.55. The second-order valence-electron chi connectivity index (χ2n) is 5.82. The second-order valence-corrected chi connectivity index (χ2v) is 5.82. The Balaban J connectivity index is 1.71. The summed E-state index contributed by atoms with van der Waals surface area (Å²) in [4.78, 5) is 46.6. The number of nitro groups is 1. The van der Waals surface area contributed by atoms with Crippen molar-refractivity contribution in [1.82, 2.24) is 0 Å². The molecule has 0 unspecified atom stereocenters. The molecule has 1 N–H and O–H groups in total. The van der Waals surface area contributed by atoms with Crippen molar-refractivity contribution in [3.05, 3.63) is 80.2 Å². The van der Waals surface area contributed by atoms with Gasteiger partial charge >= 0.3 is 5.97 Å². The molecule has 1 aromatic heterocycles. The summed E-state index contributed by atoms with van der Waals surface area (Å²) in [7, 11) is 0. The summed E-state index contributed by atoms with van der Waals surface area (Å²) in [5, 5.41) is 13.7. The minimum absolute atomic E-state index is 0.0192. The molecular weight excluding hydrogens is 368 g/mol. The highest BCUT2D eigenvalue weighted by Gasteiger charge is 2.20. The molecule has 0 saturated carbocycles. The van der Waals surface area contributed by atoms with E-state index in [1.54, 1.807) is 31.2 Å². The van der Waals surface area contributed by atoms with Gasteiger partial charge in [-0.1, -0.05) is 24.3 Å². The number of anilines is 1. The number of benzene rings is 2. The van der Waals surface area contributed by atoms with Crippen molar-refractivity contribution in [3.63, 3.8) is 0 Å². The normalized spacial score (nSPS) is 10.5. The van der Waals surface area contributed by atoms with E-state index in [0.29, 0.717) is 10.9 Å². The Kier molecular flexibility index (Phi) is 5.16. The summed E-state index contributed by atoms with van der Waals surface area (Å²) in [6.45, 7) is 0.888. The highest BCUT2D eigenvalue weighted by molar-refractivity contribution is 5.97. The van der Waals surface area contributed by atoms with Gasteiger partial charge in [0.2, 0.25) is 5.76 Å². The second kappa shape index (κ2) is 7.70. The van der Waals surface area contributed by atoms with Crippen molar-refractivity contribution in [2.75, 3.05) is 11.9 Å². The molecule has 9 heteroatoms. The number of ether oxygens (including phenoxy) is 1. The average Bonchev–Trinajstić information content (AvgIpc) is 2.67. The number of fused-ring (bicyclic) bond motifs is 1. The molecule has 0 spiro atoms. The van der Waals surface area contributed by atoms with E-state index in [1.165, 1.54) is 18.2 Å². The molecule has 0 aliphatic rings. The van der Waals surface area contributed by atoms with Crippen molar-refractivity contribution >= 4 is 34.2 Å². The molecule has 3 aromatic rings. The molecule has 3 rings (SSSR count). The third kappa shape index (κ3) is 3.88. The summed E-state index contributed by atoms with van der Waals surface area (Å²) in [6, 6.07) is 11.7. The molecule has 0 saturated heterocycles. The molecule has 0 aliphatic carbocycles. The SMILES string of the molecule is Cc1cccc([N+](=O)[O-])c1NC(=O)COC(=O)c1cc(=O)c2ccccc2o1. The maximum Gasteiger partial charge on any atom is 0.374 e. The van der Waals surface area contributed by atoms with Gasteiger partial charge in [-0.2, -0.15) is 0 Å². The van der Waals surface area contributed by atoms with Crippen molar-refractivity contribution in [1.29, 1.82) is 0 Å². The Morgan fingerprint density at radius 2 is 1.93 bits per heavy atom. The third-order valence-corrected chi connectivity index (χ3v) is 3.88. The first-order valence-electron chi connectivity index (χ1n) is 8.10. The van der Waals surface area contributed by atoms with Crippen LogP contribution in [0.25, 0.3) is 11.0 Å². The van der Waals surface area contributed by atoms with Gasteiger partial charge in [0.15, 0.2) is 12.0 Å². The molecule has 0 atom stereocenters. The number of nitro benzene ring substituents is 1. The predicted octanol–water partition coefficient (Wildman–Crippen LogP) is 2.81. The van der Waals surface area contributed by atoms with Gasteiger partial charge in [-0.25, -0.2) is 4.79 Å². The van der Waals surface area contributed by atoms with Crippen LogP contribution in [-0.2, 0) is 9.53 Å². The lowest BCUT2D eigenvalue weighted by atomic mass is 10.1. The molecule has 0 radical (unpaired) electrons. The fourth-order valence-corrected chi connectivity index (χ4v) is 2.55. The zero-order valence-electron chi connectivity index (χ0n) is 14.6. The van der Waals surface area contributed by atoms with E-state index >= 15 is 0 Å². The van der Waals surface area contributed by atoms with Crippen molar-refractivity contribution < 1.29 is 23.7 Å². The van der Waals surface area contributed by atoms with Crippen molar-refractivity contribution in [3.8, 4) is 0 Å². The van der Waals surface area contributed by atoms with E-state index < -0.39 is 28.8 Å². The smallest absolute Gasteiger partial charge is 0.374 e. The minimum Gasteiger partial charge on any atom is -0.450 e. The van der Waals surface area contributed by atoms with Crippen LogP contribution in [0.4, 0.5) is 11.4 Å². The topological polar surface area (TPSA) is 129 Å². The van der Waals surface area contributed by atoms with Crippen LogP contribution in [0.3, 0.4) is 0 Å². The summed E-state index contributed by atoms with van der Waals surface area (Å²) in [5.74, 6) is -2.12. The van der Waals surface area contributed by atoms with Crippen LogP contribution in [0.15, 0.2) is 57.7 Å². The molecular formula is C19H14N2O7. The van der Waals surface area contributed by atoms with E-state index in [-0.39, 0.29) is 22.7 Å². The lowest BCUT2D eigenvalue weighted by molar-refractivity contribution is -0.384. The number of amides is 1. The number of hydrogen-bond donors (Lipinski definition) is 1. The quantitative estimate of drug-likeness (QED) is 0.408. The Morgan fingerprint density at radius 1 is 1.18 bits per heavy atom. The van der Waals surface area contributed by atoms with Crippen LogP contribution < -0.4 is 10.7 Å². The van der Waals surface area contributed by atoms with Crippen LogP contribution in [-0.4, -0.2) is 23.4 Å². The monoisotopic (exact) mass is 382 g/mol. The van der Waals surface area contributed by atoms with E-state index in [0.717, 1.165) is 6.07 Å². The Bertz CT molecular complexity index is 1150. The van der Waals surface area contributed by atoms with Gasteiger partial charge in [-0.3, -0.25) is 19.7 Å². The molecule has 0 aliphatic heterocycles. The van der Waals surface area contributed by atoms with Gasteiger partial charge in [-0.05, 0) is 24.6 Å². The maximum absolute atomic E-state index is 12.1. The van der Waals surface area contributed by atoms with E-state index in [4.69, 9.17) is 9.15 Å². The Labute approximate surface area is 157 Å². The summed E-state index contributed by atoms with van der Waals surface area (Å²) in [6.07, 6.45) is 0. The number of carbonyl (C=O) groups is 2. The first-order chi connectivity index (χ1) is 13.4. The molecule has 28 heavy (non-hydrogen) atoms. The fraction of sp³-hybridized carbons (Fsp3) is 0.105. The standard InChI is InChI=1S/C19H14N2O7/c1-11-5-4-7-13(21(25)26)18(11)20-17(23)10-27-19(24)16-9-14(22)12-6-2-3-8-15(12)28-16/h2-9H,10H2,1H3,(H,20,23). The molecule has 0 fully saturated rings. The van der Waals surface area contributed by atoms with E-state index in [1.807, 2.05) is 0 Å². The first kappa shape index (κ1) is 18.8. The zero-order chi connectivity index (χ0) is 20.3. The molecule has 0 bridgehead atoms. The van der Waals surface area contributed by atoms with Crippen molar-refractivity contribution in [2.45, 2.75) is 6.92 Å². The van der Waals surface area contributed by atoms with Gasteiger partial charge in [0, 0.05) is 12.1 Å². The number of para-hydroxylation sites is 2. The molecule has 9 nitrogen and oxygen atoms in total. The molecule has 1 heterocycles. The Hall–Kier alpha value is -4.01. The van der Waals surface area contributed by atoms with Crippen LogP contribution in [0.5, 0.6) is 0 Å². The summed E-state index contributed by atoms with van der Waals surface area (Å²) < 4.78 is 10.2. The van der Waals surface area contributed by atoms with Gasteiger partial charge in [0.05, 0.1) is 10.3 Å². The van der Waals surface area contributed by atoms with Gasteiger partial charge in [0.25, 0.3) is 11.6 Å². The lowest BCUT2D eigenvalue weighted by Gasteiger charge is -2.09. The first-order valence-corrected chi connectivity index (χ1v) is 8.10. The summed E-state index contributed by atoms with van der Waals surface area (Å²) in [5.41, 5.74) is 0.0103. The Morgan fingerprint density at radius 3 is 2.68 bits per heavy atom. The number of carbonyl (C=O) groups excluding carboxylic acids is 2. The highest BCUT2D eigenvalue weighted by Crippen LogP contribution is 2.27. The molecule has 2 aromatic carbocycles. The van der Waals surface area contributed by atoms with Gasteiger partial charge < -0.3 is 14.5 Å². The van der Waals surface area contributed by atoms with Gasteiger partial charge in [0.1, 0.15) is 11.3 Å². The largest absolute Gasteiger partial charge is 0.450 e. The molecule has 1 amide bonds. The number of aryl methyl sites for hydroxylation is 1. The number of hydrogen-bond acceptors (Lipinski definition) is 7. The highest BCUT2D eigenvalue weighted by atomic mass is 16.6. The van der Waals surface area contributed by atoms with Crippen LogP contribution in [0, 0.1) is 17.0 Å². The zero-order valence-corrected chi connectivity index (χ0v) is 14.6. The van der Waals surface area contributed by atoms with Crippen LogP contribution >= 0.6 is 0 Å².